The van der Waals surface area contributed by atoms with E-state index < -0.39 is 33.4 Å². The third-order valence-corrected chi connectivity index (χ3v) is 9.30. The maximum atomic E-state index is 13.7. The zero-order chi connectivity index (χ0) is 34.6. The van der Waals surface area contributed by atoms with Crippen LogP contribution in [0.5, 0.6) is 0 Å². The maximum Gasteiger partial charge on any atom is 0.376 e. The lowest BCUT2D eigenvalue weighted by Crippen LogP contribution is -2.34. The number of ether oxygens (including phenoxy) is 1. The van der Waals surface area contributed by atoms with Gasteiger partial charge in [-0.2, -0.15) is 0 Å². The van der Waals surface area contributed by atoms with Gasteiger partial charge in [-0.3, -0.25) is 13.9 Å². The Balaban J connectivity index is 1.32. The Morgan fingerprint density at radius 3 is 2.42 bits per heavy atom. The second kappa shape index (κ2) is 14.5. The van der Waals surface area contributed by atoms with Crippen LogP contribution < -0.4 is 4.31 Å². The first kappa shape index (κ1) is 34.5. The summed E-state index contributed by atoms with van der Waals surface area (Å²) in [6.45, 7) is 2.22. The molecule has 10 nitrogen and oxygen atoms in total. The average Bonchev–Trinajstić information content (AvgIpc) is 3.83. The summed E-state index contributed by atoms with van der Waals surface area (Å²) in [5.74, 6) is -3.44. The monoisotopic (exact) mass is 677 g/mol. The van der Waals surface area contributed by atoms with Crippen LogP contribution in [0.1, 0.15) is 65.6 Å². The fraction of sp³-hybridized carbons (Fsp3) is 0.306. The van der Waals surface area contributed by atoms with Gasteiger partial charge in [-0.15, -0.1) is 0 Å². The van der Waals surface area contributed by atoms with Gasteiger partial charge in [0.15, 0.2) is 5.78 Å². The molecule has 0 spiro atoms. The van der Waals surface area contributed by atoms with Crippen molar-refractivity contribution < 1.29 is 46.6 Å². The number of halogens is 1. The van der Waals surface area contributed by atoms with Gasteiger partial charge in [-0.05, 0) is 79.1 Å². The fourth-order valence-corrected chi connectivity index (χ4v) is 6.51. The van der Waals surface area contributed by atoms with Crippen molar-refractivity contribution in [2.45, 2.75) is 44.9 Å². The summed E-state index contributed by atoms with van der Waals surface area (Å²) < 4.78 is 53.2. The Labute approximate surface area is 277 Å². The van der Waals surface area contributed by atoms with Crippen molar-refractivity contribution in [3.8, 4) is 11.3 Å². The van der Waals surface area contributed by atoms with E-state index in [9.17, 15) is 32.3 Å². The Hall–Kier alpha value is -4.81. The summed E-state index contributed by atoms with van der Waals surface area (Å²) in [7, 11) is -3.75. The van der Waals surface area contributed by atoms with Crippen LogP contribution in [0.4, 0.5) is 10.1 Å². The number of ketones is 2. The van der Waals surface area contributed by atoms with Crippen LogP contribution in [0.25, 0.3) is 28.1 Å². The number of aliphatic hydroxyl groups excluding tert-OH is 1. The van der Waals surface area contributed by atoms with Crippen molar-refractivity contribution in [1.82, 2.24) is 0 Å². The number of furan rings is 1. The molecular formula is C36H36FNO9S. The zero-order valence-electron chi connectivity index (χ0n) is 26.6. The Bertz CT molecular complexity index is 1990. The number of hydrogen-bond donors (Lipinski definition) is 2. The van der Waals surface area contributed by atoms with Gasteiger partial charge in [0.05, 0.1) is 30.7 Å². The van der Waals surface area contributed by atoms with Crippen molar-refractivity contribution in [2.75, 3.05) is 30.3 Å². The number of Topliss-reactive ketones (excluding diaryl/α,β-unsaturated/α-hetero) is 1. The standard InChI is InChI=1S/C36H36FNO9S/c1-3-30(39)34-28-19-27(23-9-10-23)29(20-33(28)47-35(34)24-11-13-26(37)14-12-24)38(48(2,44)45)15-17-46-16-5-7-22-6-4-8-25(18-22)31(40)21-32(41)36(42)43/h4,6,8,11-14,18-21,23,40H,3,5,7,9-10,15-17H2,1-2H3,(H,42,43). The molecule has 1 aromatic heterocycles. The molecule has 0 unspecified atom stereocenters. The number of benzene rings is 3. The number of carboxylic acids is 1. The van der Waals surface area contributed by atoms with E-state index in [0.29, 0.717) is 64.6 Å². The van der Waals surface area contributed by atoms with Crippen LogP contribution in [-0.4, -0.2) is 62.2 Å². The normalized spacial score (nSPS) is 13.5. The number of nitrogens with zero attached hydrogens (tertiary/aromatic N) is 1. The van der Waals surface area contributed by atoms with Crippen molar-refractivity contribution >= 4 is 50.0 Å². The number of anilines is 1. The van der Waals surface area contributed by atoms with Crippen LogP contribution in [-0.2, 0) is 30.8 Å². The van der Waals surface area contributed by atoms with Gasteiger partial charge in [-0.1, -0.05) is 25.1 Å². The molecule has 12 heteroatoms. The Kier molecular flexibility index (Phi) is 10.4. The lowest BCUT2D eigenvalue weighted by molar-refractivity contribution is -0.146. The molecule has 0 saturated heterocycles. The van der Waals surface area contributed by atoms with Crippen LogP contribution in [0.2, 0.25) is 0 Å². The highest BCUT2D eigenvalue weighted by Gasteiger charge is 2.33. The van der Waals surface area contributed by atoms with Crippen LogP contribution in [0.15, 0.2) is 71.2 Å². The molecule has 0 radical (unpaired) electrons. The summed E-state index contributed by atoms with van der Waals surface area (Å²) in [6.07, 6.45) is 4.92. The van der Waals surface area contributed by atoms with Crippen LogP contribution in [0, 0.1) is 5.82 Å². The van der Waals surface area contributed by atoms with Crippen molar-refractivity contribution in [3.63, 3.8) is 0 Å². The third kappa shape index (κ3) is 8.00. The number of carboxylic acid groups (broad SMARTS) is 1. The van der Waals surface area contributed by atoms with E-state index in [2.05, 4.69) is 0 Å². The summed E-state index contributed by atoms with van der Waals surface area (Å²) in [5, 5.41) is 19.5. The molecule has 1 fully saturated rings. The molecule has 5 rings (SSSR count). The summed E-state index contributed by atoms with van der Waals surface area (Å²) in [4.78, 5) is 35.3. The lowest BCUT2D eigenvalue weighted by Gasteiger charge is -2.25. The lowest BCUT2D eigenvalue weighted by atomic mass is 9.97. The topological polar surface area (TPSA) is 151 Å². The maximum absolute atomic E-state index is 13.7. The molecule has 1 aliphatic rings. The second-order valence-electron chi connectivity index (χ2n) is 11.7. The number of fused-ring (bicyclic) bond motifs is 1. The third-order valence-electron chi connectivity index (χ3n) is 8.12. The van der Waals surface area contributed by atoms with Gasteiger partial charge in [0, 0.05) is 41.7 Å². The minimum absolute atomic E-state index is 0.0437. The Morgan fingerprint density at radius 1 is 1.04 bits per heavy atom. The molecule has 0 bridgehead atoms. The minimum Gasteiger partial charge on any atom is -0.507 e. The molecule has 3 aromatic carbocycles. The summed E-state index contributed by atoms with van der Waals surface area (Å²) >= 11 is 0. The first-order chi connectivity index (χ1) is 22.9. The summed E-state index contributed by atoms with van der Waals surface area (Å²) in [5.41, 5.74) is 3.72. The second-order valence-corrected chi connectivity index (χ2v) is 13.6. The SMILES string of the molecule is CCC(=O)c1c(-c2ccc(F)cc2)oc2cc(N(CCOCCCc3cccc(C(O)=CC(=O)C(=O)O)c3)S(C)(=O)=O)c(C3CC3)cc12. The van der Waals surface area contributed by atoms with E-state index in [1.54, 1.807) is 43.3 Å². The van der Waals surface area contributed by atoms with Crippen molar-refractivity contribution in [2.24, 2.45) is 0 Å². The Morgan fingerprint density at radius 2 is 1.77 bits per heavy atom. The van der Waals surface area contributed by atoms with E-state index in [0.717, 1.165) is 30.2 Å². The van der Waals surface area contributed by atoms with Crippen LogP contribution >= 0.6 is 0 Å². The van der Waals surface area contributed by atoms with Gasteiger partial charge >= 0.3 is 5.97 Å². The van der Waals surface area contributed by atoms with Gasteiger partial charge in [0.25, 0.3) is 5.78 Å². The molecule has 0 amide bonds. The smallest absolute Gasteiger partial charge is 0.376 e. The number of aliphatic hydroxyl groups is 1. The number of sulfonamides is 1. The fourth-order valence-electron chi connectivity index (χ4n) is 5.59. The van der Waals surface area contributed by atoms with Crippen molar-refractivity contribution in [3.05, 3.63) is 94.8 Å². The van der Waals surface area contributed by atoms with E-state index in [1.807, 2.05) is 12.1 Å². The van der Waals surface area contributed by atoms with Gasteiger partial charge in [0.1, 0.15) is 22.9 Å². The van der Waals surface area contributed by atoms with Gasteiger partial charge in [-0.25, -0.2) is 17.6 Å². The number of aliphatic carboxylic acids is 1. The highest BCUT2D eigenvalue weighted by molar-refractivity contribution is 7.92. The number of rotatable bonds is 16. The minimum atomic E-state index is -3.75. The molecule has 4 aromatic rings. The zero-order valence-corrected chi connectivity index (χ0v) is 27.4. The molecule has 252 valence electrons. The number of aryl methyl sites for hydroxylation is 1. The van der Waals surface area contributed by atoms with E-state index >= 15 is 0 Å². The molecule has 1 saturated carbocycles. The predicted octanol–water partition coefficient (Wildman–Crippen LogP) is 6.68. The van der Waals surface area contributed by atoms with E-state index in [1.165, 1.54) is 16.4 Å². The highest BCUT2D eigenvalue weighted by atomic mass is 32.2. The first-order valence-electron chi connectivity index (χ1n) is 15.6. The number of hydrogen-bond acceptors (Lipinski definition) is 8. The van der Waals surface area contributed by atoms with Crippen LogP contribution in [0.3, 0.4) is 0 Å². The van der Waals surface area contributed by atoms with Gasteiger partial charge < -0.3 is 19.4 Å². The number of carbonyl (C=O) groups is 3. The van der Waals surface area contributed by atoms with Gasteiger partial charge in [0.2, 0.25) is 10.0 Å². The molecule has 0 aliphatic heterocycles. The average molecular weight is 678 g/mol. The van der Waals surface area contributed by atoms with E-state index in [4.69, 9.17) is 14.3 Å². The molecule has 0 atom stereocenters. The molecule has 48 heavy (non-hydrogen) atoms. The highest BCUT2D eigenvalue weighted by Crippen LogP contribution is 2.48. The first-order valence-corrected chi connectivity index (χ1v) is 17.4. The predicted molar refractivity (Wildman–Crippen MR) is 179 cm³/mol. The quantitative estimate of drug-likeness (QED) is 0.0435. The summed E-state index contributed by atoms with van der Waals surface area (Å²) in [6, 6.07) is 15.9. The molecule has 2 N–H and O–H groups in total. The molecular weight excluding hydrogens is 641 g/mol. The van der Waals surface area contributed by atoms with Crippen molar-refractivity contribution in [1.29, 1.82) is 0 Å². The molecule has 1 heterocycles. The largest absolute Gasteiger partial charge is 0.507 e. The van der Waals surface area contributed by atoms with E-state index in [-0.39, 0.29) is 31.3 Å². The number of carbonyl (C=O) groups excluding carboxylic acids is 2. The molecule has 1 aliphatic carbocycles.